The third-order valence-corrected chi connectivity index (χ3v) is 3.61. The molecule has 0 unspecified atom stereocenters. The minimum absolute atomic E-state index is 0.285. The van der Waals surface area contributed by atoms with Gasteiger partial charge in [0.15, 0.2) is 0 Å². The van der Waals surface area contributed by atoms with Gasteiger partial charge in [0.1, 0.15) is 5.82 Å². The van der Waals surface area contributed by atoms with E-state index in [1.54, 1.807) is 24.3 Å². The number of hydrogen-bond acceptors (Lipinski definition) is 2. The third-order valence-electron chi connectivity index (χ3n) is 3.61. The van der Waals surface area contributed by atoms with Crippen molar-refractivity contribution in [2.24, 2.45) is 0 Å². The highest BCUT2D eigenvalue weighted by molar-refractivity contribution is 5.77. The summed E-state index contributed by atoms with van der Waals surface area (Å²) in [6.07, 6.45) is -3.92. The molecule has 0 bridgehead atoms. The van der Waals surface area contributed by atoms with Gasteiger partial charge in [-0.25, -0.2) is 4.98 Å². The van der Waals surface area contributed by atoms with E-state index in [9.17, 15) is 18.0 Å². The van der Waals surface area contributed by atoms with Crippen LogP contribution in [0.2, 0.25) is 0 Å². The van der Waals surface area contributed by atoms with E-state index in [4.69, 9.17) is 0 Å². The van der Waals surface area contributed by atoms with Gasteiger partial charge in [0.05, 0.1) is 22.2 Å². The normalized spacial score (nSPS) is 11.8. The SMILES string of the molecule is CCc1nc2ccccc2c(=O)n1-c1ccc(C(F)(F)F)cc1. The van der Waals surface area contributed by atoms with E-state index in [2.05, 4.69) is 4.98 Å². The van der Waals surface area contributed by atoms with Gasteiger partial charge >= 0.3 is 6.18 Å². The van der Waals surface area contributed by atoms with Crippen molar-refractivity contribution in [2.45, 2.75) is 19.5 Å². The van der Waals surface area contributed by atoms with E-state index in [-0.39, 0.29) is 5.56 Å². The second-order valence-electron chi connectivity index (χ2n) is 5.08. The largest absolute Gasteiger partial charge is 0.416 e. The number of hydrogen-bond donors (Lipinski definition) is 0. The van der Waals surface area contributed by atoms with Gasteiger partial charge in [0.25, 0.3) is 5.56 Å². The molecule has 3 nitrogen and oxygen atoms in total. The standard InChI is InChI=1S/C17H13F3N2O/c1-2-15-21-14-6-4-3-5-13(14)16(23)22(15)12-9-7-11(8-10-12)17(18,19)20/h3-10H,2H2,1H3. The number of nitrogens with zero attached hydrogens (tertiary/aromatic N) is 2. The third kappa shape index (κ3) is 2.72. The zero-order valence-corrected chi connectivity index (χ0v) is 12.3. The molecule has 0 atom stereocenters. The summed E-state index contributed by atoms with van der Waals surface area (Å²) < 4.78 is 39.4. The maximum Gasteiger partial charge on any atom is 0.416 e. The molecule has 1 heterocycles. The quantitative estimate of drug-likeness (QED) is 0.717. The molecule has 23 heavy (non-hydrogen) atoms. The molecule has 0 aliphatic heterocycles. The Morgan fingerprint density at radius 1 is 1.04 bits per heavy atom. The molecule has 0 saturated carbocycles. The monoisotopic (exact) mass is 318 g/mol. The number of alkyl halides is 3. The zero-order valence-electron chi connectivity index (χ0n) is 12.3. The number of rotatable bonds is 2. The van der Waals surface area contributed by atoms with Crippen LogP contribution in [0.1, 0.15) is 18.3 Å². The van der Waals surface area contributed by atoms with Crippen molar-refractivity contribution >= 4 is 10.9 Å². The van der Waals surface area contributed by atoms with E-state index in [0.717, 1.165) is 12.1 Å². The molecule has 3 rings (SSSR count). The summed E-state index contributed by atoms with van der Waals surface area (Å²) in [7, 11) is 0. The minimum atomic E-state index is -4.40. The predicted octanol–water partition coefficient (Wildman–Crippen LogP) is 3.97. The van der Waals surface area contributed by atoms with Crippen LogP contribution in [0.3, 0.4) is 0 Å². The molecule has 0 radical (unpaired) electrons. The molecule has 0 amide bonds. The van der Waals surface area contributed by atoms with Gasteiger partial charge in [-0.2, -0.15) is 13.2 Å². The summed E-state index contributed by atoms with van der Waals surface area (Å²) in [5.41, 5.74) is -0.0797. The highest BCUT2D eigenvalue weighted by Gasteiger charge is 2.30. The maximum atomic E-state index is 12.7. The second kappa shape index (κ2) is 5.53. The topological polar surface area (TPSA) is 34.9 Å². The van der Waals surface area contributed by atoms with E-state index < -0.39 is 11.7 Å². The van der Waals surface area contributed by atoms with Crippen LogP contribution in [0.15, 0.2) is 53.3 Å². The van der Waals surface area contributed by atoms with E-state index in [0.29, 0.717) is 28.8 Å². The van der Waals surface area contributed by atoms with Crippen molar-refractivity contribution in [1.82, 2.24) is 9.55 Å². The summed E-state index contributed by atoms with van der Waals surface area (Å²) in [6.45, 7) is 1.84. The summed E-state index contributed by atoms with van der Waals surface area (Å²) in [6, 6.07) is 11.4. The number of aromatic nitrogens is 2. The van der Waals surface area contributed by atoms with Gasteiger partial charge in [0, 0.05) is 6.42 Å². The maximum absolute atomic E-state index is 12.7. The molecular formula is C17H13F3N2O. The Morgan fingerprint density at radius 2 is 1.70 bits per heavy atom. The van der Waals surface area contributed by atoms with E-state index in [1.165, 1.54) is 16.7 Å². The number of para-hydroxylation sites is 1. The Labute approximate surface area is 130 Å². The average Bonchev–Trinajstić information content (AvgIpc) is 2.54. The van der Waals surface area contributed by atoms with E-state index in [1.807, 2.05) is 6.92 Å². The van der Waals surface area contributed by atoms with Gasteiger partial charge in [-0.05, 0) is 36.4 Å². The first-order valence-corrected chi connectivity index (χ1v) is 7.10. The first-order valence-electron chi connectivity index (χ1n) is 7.10. The lowest BCUT2D eigenvalue weighted by molar-refractivity contribution is -0.137. The Bertz CT molecular complexity index is 912. The lowest BCUT2D eigenvalue weighted by Gasteiger charge is -2.13. The van der Waals surface area contributed by atoms with E-state index >= 15 is 0 Å². The number of halogens is 3. The van der Waals surface area contributed by atoms with Crippen molar-refractivity contribution < 1.29 is 13.2 Å². The van der Waals surface area contributed by atoms with Crippen molar-refractivity contribution in [1.29, 1.82) is 0 Å². The van der Waals surface area contributed by atoms with Crippen LogP contribution in [0.5, 0.6) is 0 Å². The minimum Gasteiger partial charge on any atom is -0.268 e. The van der Waals surface area contributed by atoms with Crippen molar-refractivity contribution in [3.8, 4) is 5.69 Å². The second-order valence-corrected chi connectivity index (χ2v) is 5.08. The average molecular weight is 318 g/mol. The van der Waals surface area contributed by atoms with Crippen LogP contribution in [0, 0.1) is 0 Å². The Kier molecular flexibility index (Phi) is 3.67. The first-order chi connectivity index (χ1) is 10.9. The van der Waals surface area contributed by atoms with Crippen molar-refractivity contribution in [2.75, 3.05) is 0 Å². The molecule has 0 aliphatic carbocycles. The molecule has 0 spiro atoms. The van der Waals surface area contributed by atoms with Gasteiger partial charge < -0.3 is 0 Å². The van der Waals surface area contributed by atoms with Gasteiger partial charge in [-0.3, -0.25) is 9.36 Å². The van der Waals surface area contributed by atoms with Gasteiger partial charge in [-0.15, -0.1) is 0 Å². The molecule has 0 saturated heterocycles. The predicted molar refractivity (Wildman–Crippen MR) is 81.7 cm³/mol. The molecule has 0 N–H and O–H groups in total. The fraction of sp³-hybridized carbons (Fsp3) is 0.176. The van der Waals surface area contributed by atoms with Crippen LogP contribution in [0.25, 0.3) is 16.6 Å². The highest BCUT2D eigenvalue weighted by Crippen LogP contribution is 2.29. The van der Waals surface area contributed by atoms with Gasteiger partial charge in [0.2, 0.25) is 0 Å². The smallest absolute Gasteiger partial charge is 0.268 e. The lowest BCUT2D eigenvalue weighted by Crippen LogP contribution is -2.23. The molecule has 118 valence electrons. The van der Waals surface area contributed by atoms with Crippen LogP contribution >= 0.6 is 0 Å². The van der Waals surface area contributed by atoms with Gasteiger partial charge in [-0.1, -0.05) is 19.1 Å². The van der Waals surface area contributed by atoms with Crippen LogP contribution < -0.4 is 5.56 Å². The van der Waals surface area contributed by atoms with Crippen LogP contribution in [0.4, 0.5) is 13.2 Å². The Balaban J connectivity index is 2.23. The van der Waals surface area contributed by atoms with Crippen molar-refractivity contribution in [3.63, 3.8) is 0 Å². The zero-order chi connectivity index (χ0) is 16.6. The number of fused-ring (bicyclic) bond motifs is 1. The molecule has 3 aromatic rings. The summed E-state index contributed by atoms with van der Waals surface area (Å²) in [4.78, 5) is 17.1. The fourth-order valence-corrected chi connectivity index (χ4v) is 2.48. The molecule has 1 aromatic heterocycles. The van der Waals surface area contributed by atoms with Crippen LogP contribution in [-0.4, -0.2) is 9.55 Å². The Morgan fingerprint density at radius 3 is 2.30 bits per heavy atom. The summed E-state index contributed by atoms with van der Waals surface area (Å²) >= 11 is 0. The molecule has 0 fully saturated rings. The van der Waals surface area contributed by atoms with Crippen LogP contribution in [-0.2, 0) is 12.6 Å². The molecule has 0 aliphatic rings. The molecule has 2 aromatic carbocycles. The summed E-state index contributed by atoms with van der Waals surface area (Å²) in [5.74, 6) is 0.508. The Hall–Kier alpha value is -2.63. The van der Waals surface area contributed by atoms with Crippen molar-refractivity contribution in [3.05, 3.63) is 70.3 Å². The first kappa shape index (κ1) is 15.3. The fourth-order valence-electron chi connectivity index (χ4n) is 2.48. The number of benzene rings is 2. The number of aryl methyl sites for hydroxylation is 1. The molecule has 6 heteroatoms. The summed E-state index contributed by atoms with van der Waals surface area (Å²) in [5, 5.41) is 0.435. The lowest BCUT2D eigenvalue weighted by atomic mass is 10.2. The molecular weight excluding hydrogens is 305 g/mol. The highest BCUT2D eigenvalue weighted by atomic mass is 19.4.